The molecule has 5 aliphatic carbocycles. The van der Waals surface area contributed by atoms with Crippen LogP contribution in [-0.2, 0) is 16.2 Å². The van der Waals surface area contributed by atoms with Crippen molar-refractivity contribution in [2.24, 2.45) is 29.6 Å². The number of rotatable bonds is 15. The third kappa shape index (κ3) is 7.51. The Kier molecular flexibility index (Phi) is 12.7. The minimum absolute atomic E-state index is 0.218. The molecule has 0 N–H and O–H groups in total. The van der Waals surface area contributed by atoms with Gasteiger partial charge in [0.1, 0.15) is 0 Å². The average Bonchev–Trinajstić information content (AvgIpc) is 4.22. The lowest BCUT2D eigenvalue weighted by atomic mass is 9.29. The Hall–Kier alpha value is -2.45. The van der Waals surface area contributed by atoms with E-state index in [1.54, 1.807) is 0 Å². The molecule has 0 heterocycles. The number of benzene rings is 5. The van der Waals surface area contributed by atoms with Gasteiger partial charge < -0.3 is 0 Å². The zero-order chi connectivity index (χ0) is 42.5. The topological polar surface area (TPSA) is 0 Å². The molecule has 5 aromatic rings. The Bertz CT molecular complexity index is 2260. The van der Waals surface area contributed by atoms with E-state index >= 15 is 0 Å². The minimum atomic E-state index is -0.401. The van der Waals surface area contributed by atoms with Crippen LogP contribution in [0.3, 0.4) is 0 Å². The van der Waals surface area contributed by atoms with E-state index in [1.807, 2.05) is 0 Å². The van der Waals surface area contributed by atoms with Crippen LogP contribution in [0.1, 0.15) is 149 Å². The first kappa shape index (κ1) is 43.4. The zero-order valence-corrected chi connectivity index (χ0v) is 39.8. The van der Waals surface area contributed by atoms with E-state index in [4.69, 9.17) is 58.0 Å². The monoisotopic (exact) mass is 920 g/mol. The van der Waals surface area contributed by atoms with Gasteiger partial charge in [-0.2, -0.15) is 0 Å². The fourth-order valence-electron chi connectivity index (χ4n) is 14.7. The molecule has 5 fully saturated rings. The predicted octanol–water partition coefficient (Wildman–Crippen LogP) is 18.4. The molecule has 0 radical (unpaired) electrons. The molecular weight excluding hydrogens is 862 g/mol. The summed E-state index contributed by atoms with van der Waals surface area (Å²) in [5, 5.41) is 4.00. The van der Waals surface area contributed by atoms with Gasteiger partial charge in [-0.25, -0.2) is 0 Å². The SMILES string of the molecule is Clc1ccc(C(CC2CC2)C(c2ccc(Cl)cc2)(C2CCCC2)C(c2ccc(Cl)cc2)(C2CCC2)C(c2ccc(Cl)cc2)(C2CC2)C(c2ccc(Cl)cc2)C2CCCCC2)cc1. The molecule has 5 atom stereocenters. The summed E-state index contributed by atoms with van der Waals surface area (Å²) in [7, 11) is 0. The maximum atomic E-state index is 7.08. The molecule has 62 heavy (non-hydrogen) atoms. The summed E-state index contributed by atoms with van der Waals surface area (Å²) in [6, 6.07) is 46.8. The first-order valence-corrected chi connectivity index (χ1v) is 25.9. The molecule has 0 bridgehead atoms. The average molecular weight is 923 g/mol. The van der Waals surface area contributed by atoms with Gasteiger partial charge in [-0.05, 0) is 188 Å². The summed E-state index contributed by atoms with van der Waals surface area (Å²) in [5.74, 6) is 2.90. The van der Waals surface area contributed by atoms with Crippen LogP contribution in [0.4, 0.5) is 0 Å². The fraction of sp³-hybridized carbons (Fsp3) is 0.474. The molecule has 5 saturated carbocycles. The second-order valence-corrected chi connectivity index (χ2v) is 22.3. The van der Waals surface area contributed by atoms with Gasteiger partial charge in [0.05, 0.1) is 0 Å². The van der Waals surface area contributed by atoms with Crippen LogP contribution in [-0.4, -0.2) is 0 Å². The third-order valence-electron chi connectivity index (χ3n) is 17.1. The van der Waals surface area contributed by atoms with E-state index in [2.05, 4.69) is 121 Å². The van der Waals surface area contributed by atoms with Crippen LogP contribution in [0.15, 0.2) is 121 Å². The van der Waals surface area contributed by atoms with Crippen LogP contribution >= 0.6 is 58.0 Å². The molecule has 0 amide bonds. The van der Waals surface area contributed by atoms with Crippen molar-refractivity contribution in [1.82, 2.24) is 0 Å². The summed E-state index contributed by atoms with van der Waals surface area (Å²) in [4.78, 5) is 0. The molecule has 10 rings (SSSR count). The van der Waals surface area contributed by atoms with Crippen molar-refractivity contribution in [3.05, 3.63) is 174 Å². The number of halogens is 5. The van der Waals surface area contributed by atoms with E-state index in [-0.39, 0.29) is 22.7 Å². The first-order valence-electron chi connectivity index (χ1n) is 24.1. The molecule has 5 unspecified atom stereocenters. The van der Waals surface area contributed by atoms with Gasteiger partial charge >= 0.3 is 0 Å². The second-order valence-electron chi connectivity index (χ2n) is 20.2. The highest BCUT2D eigenvalue weighted by Crippen LogP contribution is 2.79. The van der Waals surface area contributed by atoms with Gasteiger partial charge in [-0.1, -0.05) is 170 Å². The van der Waals surface area contributed by atoms with Gasteiger partial charge in [0.25, 0.3) is 0 Å². The zero-order valence-electron chi connectivity index (χ0n) is 36.0. The molecule has 0 nitrogen and oxygen atoms in total. The number of hydrogen-bond acceptors (Lipinski definition) is 0. The standard InChI is InChI=1S/C57H61Cl5/c58-48-27-15-39(16-28-48)53(37-38-13-14-38)55(42-9-4-5-10-42,43-21-31-50(60)32-22-43)57(46-11-6-12-46,47-25-35-52(62)36-26-47)56(44-19-20-44,45-23-33-51(61)34-24-45)54(40-7-2-1-3-8-40)41-17-29-49(59)30-18-41/h15-18,21-36,38,40,42,44,46,53-54H,1-14,19-20,37H2. The summed E-state index contributed by atoms with van der Waals surface area (Å²) in [6.07, 6.45) is 21.0. The highest BCUT2D eigenvalue weighted by molar-refractivity contribution is 6.31. The number of hydrogen-bond donors (Lipinski definition) is 0. The molecule has 5 heteroatoms. The Labute approximate surface area is 396 Å². The van der Waals surface area contributed by atoms with Gasteiger partial charge in [0.15, 0.2) is 0 Å². The lowest BCUT2D eigenvalue weighted by Gasteiger charge is -2.73. The largest absolute Gasteiger partial charge is 0.0843 e. The smallest absolute Gasteiger partial charge is 0.0406 e. The lowest BCUT2D eigenvalue weighted by Crippen LogP contribution is -2.73. The molecular formula is C57H61Cl5. The van der Waals surface area contributed by atoms with E-state index in [0.717, 1.165) is 31.5 Å². The second kappa shape index (κ2) is 18.1. The molecule has 0 aromatic heterocycles. The van der Waals surface area contributed by atoms with Crippen LogP contribution in [0, 0.1) is 29.6 Å². The summed E-state index contributed by atoms with van der Waals surface area (Å²) >= 11 is 34.9. The van der Waals surface area contributed by atoms with Crippen molar-refractivity contribution in [2.75, 3.05) is 0 Å². The van der Waals surface area contributed by atoms with Crippen molar-refractivity contribution in [3.8, 4) is 0 Å². The fourth-order valence-corrected chi connectivity index (χ4v) is 15.3. The Morgan fingerprint density at radius 1 is 0.371 bits per heavy atom. The minimum Gasteiger partial charge on any atom is -0.0843 e. The summed E-state index contributed by atoms with van der Waals surface area (Å²) in [6.45, 7) is 0. The Morgan fingerprint density at radius 2 is 0.774 bits per heavy atom. The van der Waals surface area contributed by atoms with E-state index in [9.17, 15) is 0 Å². The first-order chi connectivity index (χ1) is 30.3. The molecule has 0 saturated heterocycles. The van der Waals surface area contributed by atoms with E-state index < -0.39 is 5.41 Å². The highest BCUT2D eigenvalue weighted by Gasteiger charge is 2.77. The van der Waals surface area contributed by atoms with Crippen molar-refractivity contribution in [1.29, 1.82) is 0 Å². The maximum absolute atomic E-state index is 7.08. The molecule has 324 valence electrons. The Morgan fingerprint density at radius 3 is 1.23 bits per heavy atom. The normalized spacial score (nSPS) is 22.9. The molecule has 5 aromatic carbocycles. The van der Waals surface area contributed by atoms with Crippen LogP contribution in [0.5, 0.6) is 0 Å². The molecule has 0 aliphatic heterocycles. The van der Waals surface area contributed by atoms with Crippen molar-refractivity contribution < 1.29 is 0 Å². The summed E-state index contributed by atoms with van der Waals surface area (Å²) < 4.78 is 0. The van der Waals surface area contributed by atoms with Gasteiger partial charge in [0, 0.05) is 41.4 Å². The van der Waals surface area contributed by atoms with Crippen molar-refractivity contribution in [2.45, 2.75) is 137 Å². The van der Waals surface area contributed by atoms with Crippen LogP contribution in [0.25, 0.3) is 0 Å². The van der Waals surface area contributed by atoms with Gasteiger partial charge in [0.2, 0.25) is 0 Å². The van der Waals surface area contributed by atoms with E-state index in [1.165, 1.54) is 131 Å². The van der Waals surface area contributed by atoms with Crippen LogP contribution < -0.4 is 0 Å². The maximum Gasteiger partial charge on any atom is 0.0406 e. The van der Waals surface area contributed by atoms with Crippen molar-refractivity contribution >= 4 is 58.0 Å². The van der Waals surface area contributed by atoms with Gasteiger partial charge in [-0.3, -0.25) is 0 Å². The van der Waals surface area contributed by atoms with Crippen molar-refractivity contribution in [3.63, 3.8) is 0 Å². The quantitative estimate of drug-likeness (QED) is 0.0981. The summed E-state index contributed by atoms with van der Waals surface area (Å²) in [5.41, 5.74) is 6.18. The molecule has 0 spiro atoms. The lowest BCUT2D eigenvalue weighted by molar-refractivity contribution is -0.0810. The predicted molar refractivity (Wildman–Crippen MR) is 264 cm³/mol. The van der Waals surface area contributed by atoms with Crippen LogP contribution in [0.2, 0.25) is 25.1 Å². The molecule has 5 aliphatic rings. The Balaban J connectivity index is 1.46. The third-order valence-corrected chi connectivity index (χ3v) is 18.4. The van der Waals surface area contributed by atoms with Gasteiger partial charge in [-0.15, -0.1) is 0 Å². The van der Waals surface area contributed by atoms with E-state index in [0.29, 0.717) is 29.6 Å². The highest BCUT2D eigenvalue weighted by atomic mass is 35.5.